The van der Waals surface area contributed by atoms with Gasteiger partial charge in [0.1, 0.15) is 11.2 Å². The number of furan rings is 2. The molecule has 0 N–H and O–H groups in total. The number of hydrogen-bond acceptors (Lipinski definition) is 4. The number of rotatable bonds is 8. The van der Waals surface area contributed by atoms with Gasteiger partial charge in [-0.3, -0.25) is 0 Å². The molecule has 0 bridgehead atoms. The van der Waals surface area contributed by atoms with Crippen molar-refractivity contribution in [2.75, 3.05) is 9.80 Å². The van der Waals surface area contributed by atoms with Crippen LogP contribution in [0.2, 0.25) is 0 Å². The third-order valence-electron chi connectivity index (χ3n) is 17.8. The van der Waals surface area contributed by atoms with Crippen LogP contribution in [0.1, 0.15) is 101 Å². The molecule has 2 aliphatic carbocycles. The fourth-order valence-corrected chi connectivity index (χ4v) is 13.6. The van der Waals surface area contributed by atoms with Gasteiger partial charge in [0, 0.05) is 54.8 Å². The second-order valence-corrected chi connectivity index (χ2v) is 23.6. The first-order valence-corrected chi connectivity index (χ1v) is 27.8. The first-order chi connectivity index (χ1) is 37.8. The smallest absolute Gasteiger partial charge is 0.159 e. The molecule has 0 unspecified atom stereocenters. The van der Waals surface area contributed by atoms with Gasteiger partial charge < -0.3 is 18.6 Å². The molecule has 0 atom stereocenters. The van der Waals surface area contributed by atoms with Crippen molar-refractivity contribution < 1.29 is 8.83 Å². The molecule has 0 saturated carbocycles. The lowest BCUT2D eigenvalue weighted by molar-refractivity contribution is 0.639. The maximum atomic E-state index is 6.89. The minimum atomic E-state index is -0.349. The molecule has 4 heteroatoms. The molecule has 0 fully saturated rings. The fourth-order valence-electron chi connectivity index (χ4n) is 13.6. The summed E-state index contributed by atoms with van der Waals surface area (Å²) in [6.07, 6.45) is 0. The lowest BCUT2D eigenvalue weighted by Gasteiger charge is -2.30. The number of anilines is 6. The maximum absolute atomic E-state index is 6.89. The molecule has 0 saturated heterocycles. The standard InChI is InChI=1S/C74H60N2O2/c1-43(2)45-27-32-48(33-28-45)75(64-23-15-21-55-53-19-11-13-25-67(53)77-71(55)64)50-36-38-52-58-40-59-62(41-61(58)73(5,6)60(52)39-50)74(7,8)63-42-66(57-37-31-47-17-9-10-18-51(47)69(57)70(59)63)76(49-34-29-46(30-35-49)44(3)4)65-24-16-22-56-54-20-12-14-26-68(54)78-72(56)65/h9-44H,1-8H3. The predicted octanol–water partition coefficient (Wildman–Crippen LogP) is 21.6. The summed E-state index contributed by atoms with van der Waals surface area (Å²) < 4.78 is 13.6. The van der Waals surface area contributed by atoms with Gasteiger partial charge >= 0.3 is 0 Å². The highest BCUT2D eigenvalue weighted by atomic mass is 16.3. The summed E-state index contributed by atoms with van der Waals surface area (Å²) in [4.78, 5) is 4.87. The van der Waals surface area contributed by atoms with Crippen LogP contribution in [0.25, 0.3) is 87.7 Å². The largest absolute Gasteiger partial charge is 0.454 e. The molecule has 2 aliphatic rings. The Bertz CT molecular complexity index is 4620. The van der Waals surface area contributed by atoms with Gasteiger partial charge in [-0.15, -0.1) is 0 Å². The zero-order chi connectivity index (χ0) is 52.9. The Morgan fingerprint density at radius 3 is 1.46 bits per heavy atom. The molecule has 4 nitrogen and oxygen atoms in total. The molecule has 378 valence electrons. The fraction of sp³-hybridized carbons (Fsp3) is 0.162. The van der Waals surface area contributed by atoms with E-state index in [1.807, 2.05) is 0 Å². The molecule has 11 aromatic carbocycles. The second-order valence-electron chi connectivity index (χ2n) is 23.6. The molecule has 2 aromatic heterocycles. The molecule has 15 rings (SSSR count). The van der Waals surface area contributed by atoms with Crippen LogP contribution in [0.4, 0.5) is 34.1 Å². The number of benzene rings is 11. The van der Waals surface area contributed by atoms with Crippen LogP contribution >= 0.6 is 0 Å². The van der Waals surface area contributed by atoms with E-state index in [4.69, 9.17) is 8.83 Å². The number of fused-ring (bicyclic) bond motifs is 16. The Hall–Kier alpha value is -8.86. The van der Waals surface area contributed by atoms with Crippen molar-refractivity contribution in [3.05, 3.63) is 240 Å². The van der Waals surface area contributed by atoms with Crippen molar-refractivity contribution in [3.63, 3.8) is 0 Å². The van der Waals surface area contributed by atoms with Crippen molar-refractivity contribution in [2.45, 2.75) is 78.1 Å². The molecule has 0 amide bonds. The Morgan fingerprint density at radius 2 is 0.846 bits per heavy atom. The summed E-state index contributed by atoms with van der Waals surface area (Å²) in [5.41, 5.74) is 22.6. The lowest BCUT2D eigenvalue weighted by Crippen LogP contribution is -2.20. The first-order valence-electron chi connectivity index (χ1n) is 27.8. The number of nitrogens with zero attached hydrogens (tertiary/aromatic N) is 2. The van der Waals surface area contributed by atoms with E-state index in [9.17, 15) is 0 Å². The SMILES string of the molecule is CC(C)c1ccc(N(c2ccc3c(c2)C(C)(C)c2cc4c(cc2-3)-c2c(cc(N(c3ccc(C(C)C)cc3)c3cccc5c3oc3ccccc35)c3ccc5ccccc5c23)C4(C)C)c2cccc3c2oc2ccccc23)cc1. The molecule has 0 spiro atoms. The zero-order valence-electron chi connectivity index (χ0n) is 45.5. The molecule has 0 radical (unpaired) electrons. The van der Waals surface area contributed by atoms with Crippen molar-refractivity contribution in [2.24, 2.45) is 0 Å². The minimum Gasteiger partial charge on any atom is -0.454 e. The predicted molar refractivity (Wildman–Crippen MR) is 329 cm³/mol. The van der Waals surface area contributed by atoms with Gasteiger partial charge in [-0.05, 0) is 156 Å². The van der Waals surface area contributed by atoms with E-state index in [0.29, 0.717) is 11.8 Å². The summed E-state index contributed by atoms with van der Waals surface area (Å²) in [7, 11) is 0. The highest BCUT2D eigenvalue weighted by Gasteiger charge is 2.44. The van der Waals surface area contributed by atoms with Gasteiger partial charge in [-0.1, -0.05) is 189 Å². The van der Waals surface area contributed by atoms with Crippen molar-refractivity contribution in [1.82, 2.24) is 0 Å². The summed E-state index contributed by atoms with van der Waals surface area (Å²) in [6, 6.07) is 76.7. The molecule has 0 aliphatic heterocycles. The van der Waals surface area contributed by atoms with Crippen LogP contribution in [0.3, 0.4) is 0 Å². The maximum Gasteiger partial charge on any atom is 0.159 e. The average molecular weight is 1010 g/mol. The van der Waals surface area contributed by atoms with Crippen LogP contribution in [0.5, 0.6) is 0 Å². The third-order valence-corrected chi connectivity index (χ3v) is 17.8. The van der Waals surface area contributed by atoms with E-state index in [2.05, 4.69) is 271 Å². The van der Waals surface area contributed by atoms with Crippen LogP contribution in [0, 0.1) is 0 Å². The summed E-state index contributed by atoms with van der Waals surface area (Å²) >= 11 is 0. The van der Waals surface area contributed by atoms with Crippen molar-refractivity contribution in [3.8, 4) is 22.3 Å². The van der Waals surface area contributed by atoms with Gasteiger partial charge in [-0.2, -0.15) is 0 Å². The summed E-state index contributed by atoms with van der Waals surface area (Å²) in [5, 5.41) is 9.42. The van der Waals surface area contributed by atoms with Gasteiger partial charge in [0.05, 0.1) is 17.1 Å². The summed E-state index contributed by atoms with van der Waals surface area (Å²) in [6.45, 7) is 18.8. The zero-order valence-corrected chi connectivity index (χ0v) is 45.5. The van der Waals surface area contributed by atoms with Gasteiger partial charge in [0.2, 0.25) is 0 Å². The Balaban J connectivity index is 0.944. The highest BCUT2D eigenvalue weighted by Crippen LogP contribution is 2.60. The lowest BCUT2D eigenvalue weighted by atomic mass is 9.77. The monoisotopic (exact) mass is 1010 g/mol. The Morgan fingerprint density at radius 1 is 0.346 bits per heavy atom. The highest BCUT2D eigenvalue weighted by molar-refractivity contribution is 6.22. The van der Waals surface area contributed by atoms with E-state index in [1.165, 1.54) is 77.2 Å². The van der Waals surface area contributed by atoms with Crippen LogP contribution < -0.4 is 9.80 Å². The normalized spacial score (nSPS) is 14.1. The van der Waals surface area contributed by atoms with E-state index in [0.717, 1.165) is 78.0 Å². The summed E-state index contributed by atoms with van der Waals surface area (Å²) in [5.74, 6) is 0.832. The van der Waals surface area contributed by atoms with Gasteiger partial charge in [-0.25, -0.2) is 0 Å². The van der Waals surface area contributed by atoms with Crippen molar-refractivity contribution >= 4 is 99.5 Å². The van der Waals surface area contributed by atoms with Crippen LogP contribution in [0.15, 0.2) is 215 Å². The van der Waals surface area contributed by atoms with Crippen LogP contribution in [-0.2, 0) is 10.8 Å². The van der Waals surface area contributed by atoms with E-state index < -0.39 is 0 Å². The Labute approximate surface area is 455 Å². The van der Waals surface area contributed by atoms with E-state index in [-0.39, 0.29) is 10.8 Å². The Kier molecular flexibility index (Phi) is 10.0. The molecule has 78 heavy (non-hydrogen) atoms. The average Bonchev–Trinajstić information content (AvgIpc) is 4.31. The molecule has 13 aromatic rings. The quantitative estimate of drug-likeness (QED) is 0.142. The molecule has 2 heterocycles. The number of para-hydroxylation sites is 4. The van der Waals surface area contributed by atoms with E-state index >= 15 is 0 Å². The van der Waals surface area contributed by atoms with Crippen LogP contribution in [-0.4, -0.2) is 0 Å². The molecular weight excluding hydrogens is 949 g/mol. The second kappa shape index (κ2) is 16.8. The minimum absolute atomic E-state index is 0.302. The van der Waals surface area contributed by atoms with Crippen molar-refractivity contribution in [1.29, 1.82) is 0 Å². The first kappa shape index (κ1) is 46.4. The number of hydrogen-bond donors (Lipinski definition) is 0. The third kappa shape index (κ3) is 6.65. The van der Waals surface area contributed by atoms with Gasteiger partial charge in [0.25, 0.3) is 0 Å². The van der Waals surface area contributed by atoms with E-state index in [1.54, 1.807) is 0 Å². The van der Waals surface area contributed by atoms with Gasteiger partial charge in [0.15, 0.2) is 11.2 Å². The molecular formula is C74H60N2O2. The topological polar surface area (TPSA) is 32.8 Å².